The molecular formula is C16H20N4O3S. The first-order valence-electron chi connectivity index (χ1n) is 7.65. The van der Waals surface area contributed by atoms with Crippen LogP contribution in [0, 0.1) is 0 Å². The minimum absolute atomic E-state index is 0.473. The number of anilines is 1. The number of rotatable bonds is 4. The third-order valence-corrected chi connectivity index (χ3v) is 5.37. The van der Waals surface area contributed by atoms with E-state index >= 15 is 0 Å². The Morgan fingerprint density at radius 3 is 2.12 bits per heavy atom. The third kappa shape index (κ3) is 3.65. The molecule has 1 aliphatic heterocycles. The van der Waals surface area contributed by atoms with Crippen LogP contribution >= 0.6 is 0 Å². The molecule has 1 aromatic carbocycles. The fourth-order valence-corrected chi connectivity index (χ4v) is 3.49. The largest absolute Gasteiger partial charge is 0.497 e. The second kappa shape index (κ2) is 6.74. The zero-order valence-electron chi connectivity index (χ0n) is 13.7. The second-order valence-electron chi connectivity index (χ2n) is 5.65. The van der Waals surface area contributed by atoms with E-state index in [0.29, 0.717) is 26.2 Å². The predicted octanol–water partition coefficient (Wildman–Crippen LogP) is 1.23. The molecule has 0 unspecified atom stereocenters. The number of ether oxygens (including phenoxy) is 1. The van der Waals surface area contributed by atoms with Gasteiger partial charge < -0.3 is 9.64 Å². The van der Waals surface area contributed by atoms with Crippen LogP contribution in [-0.2, 0) is 10.0 Å². The van der Waals surface area contributed by atoms with Gasteiger partial charge in [-0.1, -0.05) is 0 Å². The number of hydrogen-bond donors (Lipinski definition) is 0. The number of sulfonamides is 1. The van der Waals surface area contributed by atoms with Crippen LogP contribution < -0.4 is 9.64 Å². The van der Waals surface area contributed by atoms with Gasteiger partial charge in [0, 0.05) is 31.7 Å². The van der Waals surface area contributed by atoms with Crippen molar-refractivity contribution in [3.63, 3.8) is 0 Å². The first-order valence-corrected chi connectivity index (χ1v) is 9.50. The summed E-state index contributed by atoms with van der Waals surface area (Å²) in [5, 5.41) is 8.57. The maximum Gasteiger partial charge on any atom is 0.211 e. The van der Waals surface area contributed by atoms with Gasteiger partial charge in [0.05, 0.1) is 19.1 Å². The quantitative estimate of drug-likeness (QED) is 0.827. The van der Waals surface area contributed by atoms with Crippen molar-refractivity contribution < 1.29 is 13.2 Å². The molecule has 0 N–H and O–H groups in total. The molecule has 1 saturated heterocycles. The van der Waals surface area contributed by atoms with Gasteiger partial charge in [-0.25, -0.2) is 8.42 Å². The predicted molar refractivity (Wildman–Crippen MR) is 92.6 cm³/mol. The van der Waals surface area contributed by atoms with Crippen molar-refractivity contribution >= 4 is 15.8 Å². The lowest BCUT2D eigenvalue weighted by molar-refractivity contribution is 0.386. The van der Waals surface area contributed by atoms with Crippen molar-refractivity contribution in [2.75, 3.05) is 44.4 Å². The van der Waals surface area contributed by atoms with E-state index in [1.807, 2.05) is 41.3 Å². The minimum Gasteiger partial charge on any atom is -0.497 e. The van der Waals surface area contributed by atoms with Crippen molar-refractivity contribution in [3.8, 4) is 17.0 Å². The molecule has 1 aliphatic rings. The van der Waals surface area contributed by atoms with Crippen molar-refractivity contribution in [1.29, 1.82) is 0 Å². The van der Waals surface area contributed by atoms with Gasteiger partial charge in [-0.15, -0.1) is 10.2 Å². The molecule has 0 bridgehead atoms. The van der Waals surface area contributed by atoms with Crippen molar-refractivity contribution in [3.05, 3.63) is 36.4 Å². The summed E-state index contributed by atoms with van der Waals surface area (Å²) in [7, 11) is -1.49. The van der Waals surface area contributed by atoms with Crippen LogP contribution in [0.1, 0.15) is 0 Å². The van der Waals surface area contributed by atoms with Gasteiger partial charge in [0.15, 0.2) is 5.82 Å². The van der Waals surface area contributed by atoms with Crippen LogP contribution in [0.25, 0.3) is 11.3 Å². The molecule has 0 radical (unpaired) electrons. The Bertz CT molecular complexity index is 783. The molecule has 0 atom stereocenters. The number of hydrogen-bond acceptors (Lipinski definition) is 6. The first kappa shape index (κ1) is 16.7. The second-order valence-corrected chi connectivity index (χ2v) is 7.64. The van der Waals surface area contributed by atoms with E-state index in [0.717, 1.165) is 22.8 Å². The average Bonchev–Trinajstić information content (AvgIpc) is 2.61. The summed E-state index contributed by atoms with van der Waals surface area (Å²) in [5.41, 5.74) is 1.76. The summed E-state index contributed by atoms with van der Waals surface area (Å²) >= 11 is 0. The highest BCUT2D eigenvalue weighted by Crippen LogP contribution is 2.22. The maximum absolute atomic E-state index is 11.5. The van der Waals surface area contributed by atoms with E-state index in [1.165, 1.54) is 10.6 Å². The summed E-state index contributed by atoms with van der Waals surface area (Å²) in [5.74, 6) is 1.56. The molecule has 0 aliphatic carbocycles. The summed E-state index contributed by atoms with van der Waals surface area (Å²) in [6.07, 6.45) is 1.24. The third-order valence-electron chi connectivity index (χ3n) is 4.07. The van der Waals surface area contributed by atoms with Gasteiger partial charge in [0.25, 0.3) is 0 Å². The highest BCUT2D eigenvalue weighted by atomic mass is 32.2. The lowest BCUT2D eigenvalue weighted by atomic mass is 10.1. The summed E-state index contributed by atoms with van der Waals surface area (Å²) in [6.45, 7) is 2.18. The molecule has 24 heavy (non-hydrogen) atoms. The zero-order chi connectivity index (χ0) is 17.2. The molecule has 0 amide bonds. The molecule has 8 heteroatoms. The summed E-state index contributed by atoms with van der Waals surface area (Å²) < 4.78 is 29.7. The van der Waals surface area contributed by atoms with E-state index < -0.39 is 10.0 Å². The number of methoxy groups -OCH3 is 1. The molecule has 1 aromatic heterocycles. The van der Waals surface area contributed by atoms with E-state index in [9.17, 15) is 8.42 Å². The van der Waals surface area contributed by atoms with Crippen LogP contribution in [0.3, 0.4) is 0 Å². The van der Waals surface area contributed by atoms with Crippen LogP contribution in [-0.4, -0.2) is 62.5 Å². The topological polar surface area (TPSA) is 75.6 Å². The van der Waals surface area contributed by atoms with E-state index in [2.05, 4.69) is 10.2 Å². The number of piperazine rings is 1. The molecule has 0 spiro atoms. The molecule has 7 nitrogen and oxygen atoms in total. The Balaban J connectivity index is 1.69. The van der Waals surface area contributed by atoms with Crippen molar-refractivity contribution in [1.82, 2.24) is 14.5 Å². The van der Waals surface area contributed by atoms with E-state index in [-0.39, 0.29) is 0 Å². The van der Waals surface area contributed by atoms with Gasteiger partial charge in [-0.05, 0) is 36.4 Å². The van der Waals surface area contributed by atoms with Crippen LogP contribution in [0.15, 0.2) is 36.4 Å². The molecule has 1 fully saturated rings. The van der Waals surface area contributed by atoms with Gasteiger partial charge in [-0.2, -0.15) is 4.31 Å². The van der Waals surface area contributed by atoms with E-state index in [1.54, 1.807) is 7.11 Å². The van der Waals surface area contributed by atoms with Gasteiger partial charge in [0.1, 0.15) is 5.75 Å². The Kier molecular flexibility index (Phi) is 4.68. The molecular weight excluding hydrogens is 328 g/mol. The lowest BCUT2D eigenvalue weighted by Crippen LogP contribution is -2.48. The molecule has 3 rings (SSSR count). The van der Waals surface area contributed by atoms with Crippen LogP contribution in [0.5, 0.6) is 5.75 Å². The van der Waals surface area contributed by atoms with Crippen molar-refractivity contribution in [2.24, 2.45) is 0 Å². The van der Waals surface area contributed by atoms with Gasteiger partial charge in [-0.3, -0.25) is 0 Å². The summed E-state index contributed by atoms with van der Waals surface area (Å²) in [4.78, 5) is 2.05. The fourth-order valence-electron chi connectivity index (χ4n) is 2.66. The fraction of sp³-hybridized carbons (Fsp3) is 0.375. The highest BCUT2D eigenvalue weighted by molar-refractivity contribution is 7.88. The summed E-state index contributed by atoms with van der Waals surface area (Å²) in [6, 6.07) is 11.5. The monoisotopic (exact) mass is 348 g/mol. The smallest absolute Gasteiger partial charge is 0.211 e. The van der Waals surface area contributed by atoms with Crippen molar-refractivity contribution in [2.45, 2.75) is 0 Å². The number of benzene rings is 1. The molecule has 2 aromatic rings. The average molecular weight is 348 g/mol. The Morgan fingerprint density at radius 1 is 0.958 bits per heavy atom. The maximum atomic E-state index is 11.5. The van der Waals surface area contributed by atoms with Gasteiger partial charge in [0.2, 0.25) is 10.0 Å². The standard InChI is InChI=1S/C16H20N4O3S/c1-23-14-5-3-13(4-6-14)15-7-8-16(18-17-15)19-9-11-20(12-10-19)24(2,21)22/h3-8H,9-12H2,1-2H3. The molecule has 2 heterocycles. The normalized spacial score (nSPS) is 16.2. The SMILES string of the molecule is COc1ccc(-c2ccc(N3CCN(S(C)(=O)=O)CC3)nn2)cc1. The zero-order valence-corrected chi connectivity index (χ0v) is 14.5. The minimum atomic E-state index is -3.12. The Labute approximate surface area is 141 Å². The number of aromatic nitrogens is 2. The molecule has 0 saturated carbocycles. The van der Waals surface area contributed by atoms with Crippen LogP contribution in [0.2, 0.25) is 0 Å². The van der Waals surface area contributed by atoms with E-state index in [4.69, 9.17) is 4.74 Å². The Morgan fingerprint density at radius 2 is 1.62 bits per heavy atom. The van der Waals surface area contributed by atoms with Gasteiger partial charge >= 0.3 is 0 Å². The Hall–Kier alpha value is -2.19. The highest BCUT2D eigenvalue weighted by Gasteiger charge is 2.24. The van der Waals surface area contributed by atoms with Crippen LogP contribution in [0.4, 0.5) is 5.82 Å². The number of nitrogens with zero attached hydrogens (tertiary/aromatic N) is 4. The lowest BCUT2D eigenvalue weighted by Gasteiger charge is -2.33. The molecule has 128 valence electrons. The first-order chi connectivity index (χ1) is 11.5.